The van der Waals surface area contributed by atoms with Crippen LogP contribution < -0.4 is 14.4 Å². The monoisotopic (exact) mass is 327 g/mol. The molecule has 0 aliphatic carbocycles. The summed E-state index contributed by atoms with van der Waals surface area (Å²) in [5, 5.41) is 4.41. The first-order valence-corrected chi connectivity index (χ1v) is 8.34. The Labute approximate surface area is 141 Å². The van der Waals surface area contributed by atoms with Crippen molar-refractivity contribution < 1.29 is 14.3 Å². The zero-order chi connectivity index (χ0) is 16.7. The van der Waals surface area contributed by atoms with Gasteiger partial charge in [-0.25, -0.2) is 0 Å². The van der Waals surface area contributed by atoms with Gasteiger partial charge in [-0.3, -0.25) is 9.48 Å². The fourth-order valence-electron chi connectivity index (χ4n) is 3.45. The van der Waals surface area contributed by atoms with Gasteiger partial charge in [0.1, 0.15) is 18.1 Å². The van der Waals surface area contributed by atoms with Gasteiger partial charge in [-0.15, -0.1) is 0 Å². The summed E-state index contributed by atoms with van der Waals surface area (Å²) in [7, 11) is 1.62. The number of amides is 1. The summed E-state index contributed by atoms with van der Waals surface area (Å²) in [6.07, 6.45) is 3.72. The number of ether oxygens (including phenoxy) is 2. The first-order chi connectivity index (χ1) is 11.7. The molecular formula is C18H21N3O3. The Hall–Kier alpha value is -2.50. The minimum Gasteiger partial charge on any atom is -0.497 e. The highest BCUT2D eigenvalue weighted by molar-refractivity contribution is 6.07. The molecule has 0 spiro atoms. The van der Waals surface area contributed by atoms with Crippen molar-refractivity contribution >= 4 is 11.6 Å². The summed E-state index contributed by atoms with van der Waals surface area (Å²) >= 11 is 0. The molecule has 6 heteroatoms. The number of nitrogens with zero attached hydrogens (tertiary/aromatic N) is 3. The summed E-state index contributed by atoms with van der Waals surface area (Å²) in [5.41, 5.74) is 2.52. The second-order valence-electron chi connectivity index (χ2n) is 6.46. The molecule has 0 saturated heterocycles. The molecule has 4 rings (SSSR count). The van der Waals surface area contributed by atoms with Gasteiger partial charge in [0.15, 0.2) is 0 Å². The third kappa shape index (κ3) is 2.42. The molecule has 1 aromatic carbocycles. The molecule has 2 aromatic rings. The topological polar surface area (TPSA) is 56.6 Å². The van der Waals surface area contributed by atoms with Crippen LogP contribution in [0.4, 0.5) is 5.69 Å². The average molecular weight is 327 g/mol. The van der Waals surface area contributed by atoms with Gasteiger partial charge in [0.05, 0.1) is 36.8 Å². The summed E-state index contributed by atoms with van der Waals surface area (Å²) in [4.78, 5) is 15.0. The number of methoxy groups -OCH3 is 1. The largest absolute Gasteiger partial charge is 0.497 e. The van der Waals surface area contributed by atoms with E-state index in [1.807, 2.05) is 22.9 Å². The minimum absolute atomic E-state index is 0.0110. The van der Waals surface area contributed by atoms with Crippen LogP contribution in [-0.4, -0.2) is 35.9 Å². The maximum atomic E-state index is 13.2. The van der Waals surface area contributed by atoms with E-state index in [1.165, 1.54) is 0 Å². The van der Waals surface area contributed by atoms with Gasteiger partial charge >= 0.3 is 0 Å². The highest BCUT2D eigenvalue weighted by Crippen LogP contribution is 2.36. The Morgan fingerprint density at radius 2 is 2.25 bits per heavy atom. The van der Waals surface area contributed by atoms with Crippen molar-refractivity contribution in [3.05, 3.63) is 35.7 Å². The van der Waals surface area contributed by atoms with Crippen molar-refractivity contribution in [2.24, 2.45) is 5.92 Å². The van der Waals surface area contributed by atoms with Gasteiger partial charge in [-0.2, -0.15) is 5.10 Å². The second kappa shape index (κ2) is 5.85. The van der Waals surface area contributed by atoms with Crippen LogP contribution in [0.25, 0.3) is 0 Å². The second-order valence-corrected chi connectivity index (χ2v) is 6.46. The lowest BCUT2D eigenvalue weighted by atomic mass is 9.96. The molecule has 1 atom stereocenters. The maximum absolute atomic E-state index is 13.2. The summed E-state index contributed by atoms with van der Waals surface area (Å²) in [6.45, 7) is 4.13. The first-order valence-electron chi connectivity index (χ1n) is 8.34. The molecule has 0 fully saturated rings. The average Bonchev–Trinajstić information content (AvgIpc) is 3.03. The van der Waals surface area contributed by atoms with Crippen molar-refractivity contribution in [3.8, 4) is 11.5 Å². The highest BCUT2D eigenvalue weighted by Gasteiger charge is 2.30. The molecule has 1 amide bonds. The molecule has 3 heterocycles. The van der Waals surface area contributed by atoms with Crippen LogP contribution in [0.5, 0.6) is 11.5 Å². The third-order valence-electron chi connectivity index (χ3n) is 4.83. The predicted octanol–water partition coefficient (Wildman–Crippen LogP) is 2.51. The Morgan fingerprint density at radius 1 is 1.38 bits per heavy atom. The molecule has 0 N–H and O–H groups in total. The van der Waals surface area contributed by atoms with E-state index in [9.17, 15) is 4.79 Å². The van der Waals surface area contributed by atoms with Gasteiger partial charge in [0.2, 0.25) is 0 Å². The normalized spacial score (nSPS) is 19.2. The van der Waals surface area contributed by atoms with Gasteiger partial charge in [-0.1, -0.05) is 6.92 Å². The summed E-state index contributed by atoms with van der Waals surface area (Å²) in [5.74, 6) is 1.99. The number of hydrogen-bond acceptors (Lipinski definition) is 4. The Bertz CT molecular complexity index is 784. The van der Waals surface area contributed by atoms with E-state index in [-0.39, 0.29) is 5.91 Å². The third-order valence-corrected chi connectivity index (χ3v) is 4.83. The van der Waals surface area contributed by atoms with Crippen LogP contribution in [0.1, 0.15) is 29.4 Å². The molecule has 1 aromatic heterocycles. The van der Waals surface area contributed by atoms with Crippen molar-refractivity contribution in [2.45, 2.75) is 26.3 Å². The number of fused-ring (bicyclic) bond motifs is 2. The van der Waals surface area contributed by atoms with Crippen LogP contribution in [0, 0.1) is 5.92 Å². The van der Waals surface area contributed by atoms with E-state index < -0.39 is 0 Å². The fraction of sp³-hybridized carbons (Fsp3) is 0.444. The first kappa shape index (κ1) is 15.1. The quantitative estimate of drug-likeness (QED) is 0.850. The smallest absolute Gasteiger partial charge is 0.261 e. The number of rotatable bonds is 2. The molecule has 6 nitrogen and oxygen atoms in total. The molecule has 1 unspecified atom stereocenters. The van der Waals surface area contributed by atoms with Crippen LogP contribution in [-0.2, 0) is 13.0 Å². The number of aryl methyl sites for hydroxylation is 1. The molecule has 24 heavy (non-hydrogen) atoms. The Balaban J connectivity index is 1.71. The molecule has 0 bridgehead atoms. The zero-order valence-corrected chi connectivity index (χ0v) is 14.0. The van der Waals surface area contributed by atoms with Crippen molar-refractivity contribution in [1.29, 1.82) is 0 Å². The highest BCUT2D eigenvalue weighted by atomic mass is 16.5. The molecule has 2 aliphatic rings. The standard InChI is InChI=1S/C18H21N3O3/c1-12-5-6-21-15(9-12)14(11-19-21)18(22)20-7-8-24-17-4-3-13(23-2)10-16(17)20/h3-4,10-12H,5-9H2,1-2H3. The van der Waals surface area contributed by atoms with Gasteiger partial charge in [0.25, 0.3) is 5.91 Å². The van der Waals surface area contributed by atoms with Crippen molar-refractivity contribution in [1.82, 2.24) is 9.78 Å². The summed E-state index contributed by atoms with van der Waals surface area (Å²) < 4.78 is 12.9. The van der Waals surface area contributed by atoms with Crippen LogP contribution in [0.15, 0.2) is 24.4 Å². The molecule has 126 valence electrons. The van der Waals surface area contributed by atoms with E-state index in [4.69, 9.17) is 9.47 Å². The predicted molar refractivity (Wildman–Crippen MR) is 89.9 cm³/mol. The molecule has 0 radical (unpaired) electrons. The van der Waals surface area contributed by atoms with Crippen LogP contribution in [0.3, 0.4) is 0 Å². The molecular weight excluding hydrogens is 306 g/mol. The van der Waals surface area contributed by atoms with Gasteiger partial charge in [0, 0.05) is 12.6 Å². The van der Waals surface area contributed by atoms with Crippen molar-refractivity contribution in [3.63, 3.8) is 0 Å². The van der Waals surface area contributed by atoms with Crippen molar-refractivity contribution in [2.75, 3.05) is 25.2 Å². The number of carbonyl (C=O) groups is 1. The van der Waals surface area contributed by atoms with Crippen LogP contribution >= 0.6 is 0 Å². The molecule has 0 saturated carbocycles. The van der Waals surface area contributed by atoms with Gasteiger partial charge in [-0.05, 0) is 30.9 Å². The van der Waals surface area contributed by atoms with E-state index in [1.54, 1.807) is 18.2 Å². The Kier molecular flexibility index (Phi) is 3.67. The van der Waals surface area contributed by atoms with E-state index in [0.29, 0.717) is 36.1 Å². The zero-order valence-electron chi connectivity index (χ0n) is 14.0. The lowest BCUT2D eigenvalue weighted by molar-refractivity contribution is 0.0975. The lowest BCUT2D eigenvalue weighted by Gasteiger charge is -2.30. The van der Waals surface area contributed by atoms with Crippen LogP contribution in [0.2, 0.25) is 0 Å². The SMILES string of the molecule is COc1ccc2c(c1)N(C(=O)c1cnn3c1CC(C)CC3)CCO2. The lowest BCUT2D eigenvalue weighted by Crippen LogP contribution is -2.38. The number of benzene rings is 1. The minimum atomic E-state index is -0.0110. The van der Waals surface area contributed by atoms with Gasteiger partial charge < -0.3 is 14.4 Å². The Morgan fingerprint density at radius 3 is 3.08 bits per heavy atom. The van der Waals surface area contributed by atoms with E-state index in [0.717, 1.165) is 30.8 Å². The number of aromatic nitrogens is 2. The summed E-state index contributed by atoms with van der Waals surface area (Å²) in [6, 6.07) is 5.55. The van der Waals surface area contributed by atoms with E-state index in [2.05, 4.69) is 12.0 Å². The van der Waals surface area contributed by atoms with E-state index >= 15 is 0 Å². The number of carbonyl (C=O) groups excluding carboxylic acids is 1. The number of anilines is 1. The fourth-order valence-corrected chi connectivity index (χ4v) is 3.45. The molecule has 2 aliphatic heterocycles. The maximum Gasteiger partial charge on any atom is 0.261 e. The number of hydrogen-bond donors (Lipinski definition) is 0.